The fourth-order valence-corrected chi connectivity index (χ4v) is 2.40. The molecule has 1 fully saturated rings. The van der Waals surface area contributed by atoms with Gasteiger partial charge in [0.05, 0.1) is 5.92 Å². The van der Waals surface area contributed by atoms with Crippen LogP contribution in [-0.2, 0) is 11.2 Å². The molecule has 1 aromatic carbocycles. The van der Waals surface area contributed by atoms with E-state index in [9.17, 15) is 9.59 Å². The van der Waals surface area contributed by atoms with E-state index < -0.39 is 5.97 Å². The Balaban J connectivity index is 1.91. The lowest BCUT2D eigenvalue weighted by Gasteiger charge is -2.30. The van der Waals surface area contributed by atoms with Gasteiger partial charge in [-0.1, -0.05) is 19.1 Å². The molecule has 20 heavy (non-hydrogen) atoms. The van der Waals surface area contributed by atoms with Crippen molar-refractivity contribution in [3.8, 4) is 0 Å². The summed E-state index contributed by atoms with van der Waals surface area (Å²) >= 11 is 0. The number of hydrogen-bond acceptors (Lipinski definition) is 2. The third kappa shape index (κ3) is 3.50. The number of amides is 2. The first kappa shape index (κ1) is 14.4. The van der Waals surface area contributed by atoms with E-state index in [2.05, 4.69) is 12.2 Å². The van der Waals surface area contributed by atoms with Gasteiger partial charge >= 0.3 is 12.0 Å². The molecule has 0 bridgehead atoms. The second-order valence-corrected chi connectivity index (χ2v) is 5.08. The first-order valence-corrected chi connectivity index (χ1v) is 6.98. The molecule has 1 aliphatic rings. The number of aryl methyl sites for hydroxylation is 1. The van der Waals surface area contributed by atoms with Gasteiger partial charge in [0, 0.05) is 18.8 Å². The van der Waals surface area contributed by atoms with E-state index in [0.717, 1.165) is 12.1 Å². The Morgan fingerprint density at radius 1 is 1.35 bits per heavy atom. The number of urea groups is 1. The zero-order chi connectivity index (χ0) is 14.5. The topological polar surface area (TPSA) is 69.6 Å². The number of carbonyl (C=O) groups is 2. The SMILES string of the molecule is CCc1cccc(NC(=O)N2CCC(C(=O)O)CC2)c1. The van der Waals surface area contributed by atoms with Gasteiger partial charge < -0.3 is 15.3 Å². The van der Waals surface area contributed by atoms with Crippen molar-refractivity contribution in [1.29, 1.82) is 0 Å². The molecule has 0 radical (unpaired) electrons. The van der Waals surface area contributed by atoms with Gasteiger partial charge in [0.2, 0.25) is 0 Å². The molecule has 2 amide bonds. The average molecular weight is 276 g/mol. The number of nitrogens with zero attached hydrogens (tertiary/aromatic N) is 1. The Labute approximate surface area is 118 Å². The number of rotatable bonds is 3. The van der Waals surface area contributed by atoms with Crippen LogP contribution in [0.1, 0.15) is 25.3 Å². The van der Waals surface area contributed by atoms with Gasteiger partial charge in [0.1, 0.15) is 0 Å². The molecule has 0 unspecified atom stereocenters. The lowest BCUT2D eigenvalue weighted by atomic mass is 9.97. The highest BCUT2D eigenvalue weighted by atomic mass is 16.4. The van der Waals surface area contributed by atoms with Crippen LogP contribution in [0.4, 0.5) is 10.5 Å². The van der Waals surface area contributed by atoms with Crippen LogP contribution in [0, 0.1) is 5.92 Å². The van der Waals surface area contributed by atoms with E-state index in [1.165, 1.54) is 5.56 Å². The summed E-state index contributed by atoms with van der Waals surface area (Å²) in [5.41, 5.74) is 1.96. The number of aliphatic carboxylic acids is 1. The second kappa shape index (κ2) is 6.41. The van der Waals surface area contributed by atoms with E-state index in [1.54, 1.807) is 4.90 Å². The smallest absolute Gasteiger partial charge is 0.321 e. The fourth-order valence-electron chi connectivity index (χ4n) is 2.40. The summed E-state index contributed by atoms with van der Waals surface area (Å²) in [6.07, 6.45) is 1.98. The van der Waals surface area contributed by atoms with Gasteiger partial charge in [0.15, 0.2) is 0 Å². The highest BCUT2D eigenvalue weighted by Crippen LogP contribution is 2.18. The van der Waals surface area contributed by atoms with Crippen LogP contribution in [0.3, 0.4) is 0 Å². The van der Waals surface area contributed by atoms with Crippen molar-refractivity contribution in [3.63, 3.8) is 0 Å². The largest absolute Gasteiger partial charge is 0.481 e. The first-order valence-electron chi connectivity index (χ1n) is 6.98. The molecule has 0 saturated carbocycles. The molecule has 0 aliphatic carbocycles. The van der Waals surface area contributed by atoms with Crippen LogP contribution in [0.15, 0.2) is 24.3 Å². The molecule has 1 saturated heterocycles. The maximum Gasteiger partial charge on any atom is 0.321 e. The number of benzene rings is 1. The molecule has 0 aromatic heterocycles. The predicted octanol–water partition coefficient (Wildman–Crippen LogP) is 2.58. The van der Waals surface area contributed by atoms with Crippen LogP contribution >= 0.6 is 0 Å². The summed E-state index contributed by atoms with van der Waals surface area (Å²) in [6.45, 7) is 3.06. The lowest BCUT2D eigenvalue weighted by molar-refractivity contribution is -0.143. The third-order valence-corrected chi connectivity index (χ3v) is 3.72. The maximum absolute atomic E-state index is 12.1. The summed E-state index contributed by atoms with van der Waals surface area (Å²) in [7, 11) is 0. The number of anilines is 1. The van der Waals surface area contributed by atoms with Gasteiger partial charge in [-0.05, 0) is 37.0 Å². The molecule has 0 spiro atoms. The third-order valence-electron chi connectivity index (χ3n) is 3.72. The molecule has 2 N–H and O–H groups in total. The van der Waals surface area contributed by atoms with Crippen LogP contribution in [0.2, 0.25) is 0 Å². The highest BCUT2D eigenvalue weighted by Gasteiger charge is 2.26. The van der Waals surface area contributed by atoms with Crippen LogP contribution < -0.4 is 5.32 Å². The van der Waals surface area contributed by atoms with Crippen molar-refractivity contribution in [2.75, 3.05) is 18.4 Å². The number of carbonyl (C=O) groups excluding carboxylic acids is 1. The quantitative estimate of drug-likeness (QED) is 0.891. The van der Waals surface area contributed by atoms with Gasteiger partial charge in [-0.3, -0.25) is 4.79 Å². The van der Waals surface area contributed by atoms with Crippen LogP contribution in [0.25, 0.3) is 0 Å². The summed E-state index contributed by atoms with van der Waals surface area (Å²) < 4.78 is 0. The van der Waals surface area contributed by atoms with Crippen molar-refractivity contribution < 1.29 is 14.7 Å². The second-order valence-electron chi connectivity index (χ2n) is 5.08. The number of hydrogen-bond donors (Lipinski definition) is 2. The molecule has 5 heteroatoms. The maximum atomic E-state index is 12.1. The number of carboxylic acid groups (broad SMARTS) is 1. The number of nitrogens with one attached hydrogen (secondary N) is 1. The minimum atomic E-state index is -0.763. The van der Waals surface area contributed by atoms with Crippen molar-refractivity contribution in [2.45, 2.75) is 26.2 Å². The number of likely N-dealkylation sites (tertiary alicyclic amines) is 1. The first-order chi connectivity index (χ1) is 9.60. The normalized spacial score (nSPS) is 15.9. The van der Waals surface area contributed by atoms with E-state index >= 15 is 0 Å². The van der Waals surface area contributed by atoms with E-state index in [-0.39, 0.29) is 11.9 Å². The van der Waals surface area contributed by atoms with Gasteiger partial charge in [-0.25, -0.2) is 4.79 Å². The molecule has 0 atom stereocenters. The fraction of sp³-hybridized carbons (Fsp3) is 0.467. The molecule has 5 nitrogen and oxygen atoms in total. The number of carboxylic acids is 1. The van der Waals surface area contributed by atoms with E-state index in [1.807, 2.05) is 24.3 Å². The summed E-state index contributed by atoms with van der Waals surface area (Å²) in [6, 6.07) is 7.62. The Hall–Kier alpha value is -2.04. The zero-order valence-electron chi connectivity index (χ0n) is 11.6. The Morgan fingerprint density at radius 3 is 2.65 bits per heavy atom. The van der Waals surface area contributed by atoms with Crippen molar-refractivity contribution in [1.82, 2.24) is 4.90 Å². The summed E-state index contributed by atoms with van der Waals surface area (Å²) in [5.74, 6) is -1.08. The summed E-state index contributed by atoms with van der Waals surface area (Å²) in [4.78, 5) is 24.7. The Bertz CT molecular complexity index is 494. The van der Waals surface area contributed by atoms with E-state index in [0.29, 0.717) is 25.9 Å². The number of piperidine rings is 1. The predicted molar refractivity (Wildman–Crippen MR) is 76.8 cm³/mol. The van der Waals surface area contributed by atoms with Crippen LogP contribution in [0.5, 0.6) is 0 Å². The minimum Gasteiger partial charge on any atom is -0.481 e. The molecule has 1 heterocycles. The zero-order valence-corrected chi connectivity index (χ0v) is 11.6. The standard InChI is InChI=1S/C15H20N2O3/c1-2-11-4-3-5-13(10-11)16-15(20)17-8-6-12(7-9-17)14(18)19/h3-5,10,12H,2,6-9H2,1H3,(H,16,20)(H,18,19). The van der Waals surface area contributed by atoms with Crippen LogP contribution in [-0.4, -0.2) is 35.1 Å². The average Bonchev–Trinajstić information content (AvgIpc) is 2.47. The monoisotopic (exact) mass is 276 g/mol. The Morgan fingerprint density at radius 2 is 2.05 bits per heavy atom. The van der Waals surface area contributed by atoms with Gasteiger partial charge in [-0.15, -0.1) is 0 Å². The van der Waals surface area contributed by atoms with Gasteiger partial charge in [0.25, 0.3) is 0 Å². The molecule has 108 valence electrons. The molecular weight excluding hydrogens is 256 g/mol. The molecule has 1 aliphatic heterocycles. The van der Waals surface area contributed by atoms with Gasteiger partial charge in [-0.2, -0.15) is 0 Å². The van der Waals surface area contributed by atoms with Crippen molar-refractivity contribution >= 4 is 17.7 Å². The Kier molecular flexibility index (Phi) is 4.61. The van der Waals surface area contributed by atoms with Crippen molar-refractivity contribution in [3.05, 3.63) is 29.8 Å². The minimum absolute atomic E-state index is 0.151. The van der Waals surface area contributed by atoms with E-state index in [4.69, 9.17) is 5.11 Å². The lowest BCUT2D eigenvalue weighted by Crippen LogP contribution is -2.42. The summed E-state index contributed by atoms with van der Waals surface area (Å²) in [5, 5.41) is 11.8. The molecular formula is C15H20N2O3. The highest BCUT2D eigenvalue weighted by molar-refractivity contribution is 5.89. The molecule has 2 rings (SSSR count). The van der Waals surface area contributed by atoms with Crippen molar-refractivity contribution in [2.24, 2.45) is 5.92 Å². The molecule has 1 aromatic rings.